The van der Waals surface area contributed by atoms with E-state index >= 15 is 0 Å². The number of aromatic hydroxyl groups is 1. The minimum absolute atomic E-state index is 0.157. The fraction of sp³-hybridized carbons (Fsp3) is 0.115. The number of nitro groups is 1. The van der Waals surface area contributed by atoms with Crippen LogP contribution in [0.4, 0.5) is 5.69 Å². The van der Waals surface area contributed by atoms with E-state index in [9.17, 15) is 24.8 Å². The number of ether oxygens (including phenoxy) is 1. The highest BCUT2D eigenvalue weighted by molar-refractivity contribution is 14.1. The average molecular weight is 659 g/mol. The maximum Gasteiger partial charge on any atom is 0.338 e. The highest BCUT2D eigenvalue weighted by atomic mass is 127. The molecule has 4 aromatic rings. The molecule has 1 aliphatic rings. The third kappa shape index (κ3) is 4.70. The van der Waals surface area contributed by atoms with Crippen LogP contribution in [0.1, 0.15) is 29.0 Å². The number of thiophene rings is 1. The van der Waals surface area contributed by atoms with Crippen molar-refractivity contribution in [2.75, 3.05) is 6.61 Å². The van der Waals surface area contributed by atoms with Crippen molar-refractivity contribution < 1.29 is 19.6 Å². The van der Waals surface area contributed by atoms with Crippen LogP contribution in [0.15, 0.2) is 75.3 Å². The van der Waals surface area contributed by atoms with Crippen LogP contribution in [0.25, 0.3) is 11.8 Å². The zero-order chi connectivity index (χ0) is 27.0. The summed E-state index contributed by atoms with van der Waals surface area (Å²) < 4.78 is 7.45. The maximum atomic E-state index is 13.8. The third-order valence-corrected chi connectivity index (χ3v) is 8.48. The summed E-state index contributed by atoms with van der Waals surface area (Å²) in [5.41, 5.74) is 0.915. The van der Waals surface area contributed by atoms with E-state index in [2.05, 4.69) is 0 Å². The molecule has 2 aromatic carbocycles. The topological polar surface area (TPSA) is 124 Å². The Kier molecular flexibility index (Phi) is 7.27. The number of phenols is 1. The van der Waals surface area contributed by atoms with Crippen molar-refractivity contribution in [2.24, 2.45) is 4.99 Å². The molecule has 0 bridgehead atoms. The number of hydrogen-bond acceptors (Lipinski definition) is 9. The number of esters is 1. The Balaban J connectivity index is 1.80. The number of nitrogens with zero attached hydrogens (tertiary/aromatic N) is 3. The molecular formula is C26H18IN3O6S2. The molecule has 0 spiro atoms. The highest BCUT2D eigenvalue weighted by Gasteiger charge is 2.35. The van der Waals surface area contributed by atoms with Gasteiger partial charge in [-0.2, -0.15) is 0 Å². The number of nitro benzene ring substituents is 1. The van der Waals surface area contributed by atoms with E-state index in [0.717, 1.165) is 16.2 Å². The van der Waals surface area contributed by atoms with Crippen LogP contribution in [0.5, 0.6) is 5.75 Å². The van der Waals surface area contributed by atoms with Gasteiger partial charge < -0.3 is 9.84 Å². The van der Waals surface area contributed by atoms with Gasteiger partial charge in [-0.05, 0) is 58.7 Å². The average Bonchev–Trinajstić information content (AvgIpc) is 3.54. The van der Waals surface area contributed by atoms with E-state index in [-0.39, 0.29) is 20.3 Å². The molecular weight excluding hydrogens is 641 g/mol. The van der Waals surface area contributed by atoms with E-state index in [0.29, 0.717) is 21.6 Å². The molecule has 9 nitrogen and oxygen atoms in total. The van der Waals surface area contributed by atoms with Gasteiger partial charge in [0, 0.05) is 16.5 Å². The lowest BCUT2D eigenvalue weighted by atomic mass is 9.97. The van der Waals surface area contributed by atoms with Gasteiger partial charge >= 0.3 is 11.7 Å². The molecule has 0 fully saturated rings. The van der Waals surface area contributed by atoms with Crippen LogP contribution in [0.3, 0.4) is 0 Å². The normalized spacial score (nSPS) is 15.2. The molecule has 0 saturated heterocycles. The molecule has 1 aliphatic heterocycles. The zero-order valence-corrected chi connectivity index (χ0v) is 23.5. The Morgan fingerprint density at radius 1 is 1.26 bits per heavy atom. The van der Waals surface area contributed by atoms with E-state index in [4.69, 9.17) is 9.73 Å². The van der Waals surface area contributed by atoms with Crippen molar-refractivity contribution in [2.45, 2.75) is 13.0 Å². The summed E-state index contributed by atoms with van der Waals surface area (Å²) >= 11 is 4.33. The largest absolute Gasteiger partial charge is 0.501 e. The van der Waals surface area contributed by atoms with Crippen LogP contribution in [-0.2, 0) is 9.53 Å². The SMILES string of the molecule is CCOC(=O)C1=C(c2ccccc2)N=c2sc(=Cc3cc(I)c(O)c([N+](=O)[O-])c3)c(=O)n2[C@H]1c1cccs1. The first-order chi connectivity index (χ1) is 18.3. The molecule has 0 unspecified atom stereocenters. The van der Waals surface area contributed by atoms with Crippen LogP contribution in [0, 0.1) is 13.7 Å². The molecule has 2 aromatic heterocycles. The number of carbonyl (C=O) groups is 1. The number of phenolic OH excluding ortho intramolecular Hbond substituents is 1. The lowest BCUT2D eigenvalue weighted by molar-refractivity contribution is -0.386. The standard InChI is InChI=1S/C26H18IN3O6S2/c1-2-36-25(33)20-21(15-7-4-3-5-8-15)28-26-29(22(20)18-9-6-10-37-18)24(32)19(38-26)13-14-11-16(27)23(31)17(12-14)30(34)35/h3-13,22,31H,2H2,1H3/t22-/m0/s1. The number of rotatable bonds is 6. The highest BCUT2D eigenvalue weighted by Crippen LogP contribution is 2.37. The lowest BCUT2D eigenvalue weighted by Crippen LogP contribution is -2.39. The Morgan fingerprint density at radius 3 is 2.68 bits per heavy atom. The van der Waals surface area contributed by atoms with E-state index in [1.54, 1.807) is 35.6 Å². The number of benzene rings is 2. The second-order valence-electron chi connectivity index (χ2n) is 8.07. The molecule has 192 valence electrons. The van der Waals surface area contributed by atoms with Gasteiger partial charge in [0.2, 0.25) is 5.75 Å². The summed E-state index contributed by atoms with van der Waals surface area (Å²) in [6.45, 7) is 1.87. The van der Waals surface area contributed by atoms with E-state index < -0.39 is 33.9 Å². The van der Waals surface area contributed by atoms with Gasteiger partial charge in [0.05, 0.1) is 30.9 Å². The number of carbonyl (C=O) groups excluding carboxylic acids is 1. The van der Waals surface area contributed by atoms with Gasteiger partial charge in [-0.25, -0.2) is 9.79 Å². The minimum Gasteiger partial charge on any atom is -0.501 e. The fourth-order valence-corrected chi connectivity index (χ4v) is 6.60. The monoisotopic (exact) mass is 659 g/mol. The summed E-state index contributed by atoms with van der Waals surface area (Å²) in [4.78, 5) is 43.8. The summed E-state index contributed by atoms with van der Waals surface area (Å²) in [6.07, 6.45) is 1.53. The zero-order valence-electron chi connectivity index (χ0n) is 19.7. The molecule has 1 N–H and O–H groups in total. The van der Waals surface area contributed by atoms with Gasteiger partial charge in [0.25, 0.3) is 5.56 Å². The van der Waals surface area contributed by atoms with Crippen LogP contribution in [-0.4, -0.2) is 27.2 Å². The van der Waals surface area contributed by atoms with Crippen LogP contribution >= 0.6 is 45.3 Å². The number of fused-ring (bicyclic) bond motifs is 1. The second kappa shape index (κ2) is 10.6. The van der Waals surface area contributed by atoms with Gasteiger partial charge in [0.15, 0.2) is 4.80 Å². The summed E-state index contributed by atoms with van der Waals surface area (Å²) in [6, 6.07) is 14.9. The number of thiazole rings is 1. The molecule has 0 amide bonds. The summed E-state index contributed by atoms with van der Waals surface area (Å²) in [7, 11) is 0. The molecule has 3 heterocycles. The van der Waals surface area contributed by atoms with Crippen molar-refractivity contribution >= 4 is 68.7 Å². The molecule has 5 rings (SSSR count). The number of hydrogen-bond donors (Lipinski definition) is 1. The molecule has 0 aliphatic carbocycles. The number of halogens is 1. The quantitative estimate of drug-likeness (QED) is 0.143. The molecule has 0 saturated carbocycles. The molecule has 12 heteroatoms. The van der Waals surface area contributed by atoms with Gasteiger partial charge in [-0.3, -0.25) is 19.5 Å². The lowest BCUT2D eigenvalue weighted by Gasteiger charge is -2.24. The summed E-state index contributed by atoms with van der Waals surface area (Å²) in [5, 5.41) is 23.3. The Labute approximate surface area is 237 Å². The van der Waals surface area contributed by atoms with Crippen molar-refractivity contribution in [1.82, 2.24) is 4.57 Å². The van der Waals surface area contributed by atoms with Crippen molar-refractivity contribution in [3.05, 3.63) is 115 Å². The minimum atomic E-state index is -0.767. The number of aromatic nitrogens is 1. The Morgan fingerprint density at radius 2 is 2.03 bits per heavy atom. The predicted octanol–water partition coefficient (Wildman–Crippen LogP) is 4.22. The van der Waals surface area contributed by atoms with Gasteiger partial charge in [-0.15, -0.1) is 11.3 Å². The first kappa shape index (κ1) is 26.0. The van der Waals surface area contributed by atoms with Crippen LogP contribution < -0.4 is 14.9 Å². The third-order valence-electron chi connectivity index (χ3n) is 5.75. The molecule has 38 heavy (non-hydrogen) atoms. The van der Waals surface area contributed by atoms with E-state index in [1.165, 1.54) is 28.0 Å². The molecule has 1 atom stereocenters. The summed E-state index contributed by atoms with van der Waals surface area (Å²) in [5.74, 6) is -0.995. The van der Waals surface area contributed by atoms with E-state index in [1.807, 2.05) is 47.8 Å². The predicted molar refractivity (Wildman–Crippen MR) is 153 cm³/mol. The Hall–Kier alpha value is -3.62. The van der Waals surface area contributed by atoms with Crippen molar-refractivity contribution in [3.8, 4) is 5.75 Å². The first-order valence-electron chi connectivity index (χ1n) is 11.3. The van der Waals surface area contributed by atoms with Gasteiger partial charge in [-0.1, -0.05) is 47.7 Å². The van der Waals surface area contributed by atoms with Crippen LogP contribution in [0.2, 0.25) is 0 Å². The first-order valence-corrected chi connectivity index (χ1v) is 14.1. The van der Waals surface area contributed by atoms with Crippen molar-refractivity contribution in [3.63, 3.8) is 0 Å². The van der Waals surface area contributed by atoms with Gasteiger partial charge in [0.1, 0.15) is 6.04 Å². The fourth-order valence-electron chi connectivity index (χ4n) is 4.14. The molecule has 0 radical (unpaired) electrons. The Bertz CT molecular complexity index is 1780. The maximum absolute atomic E-state index is 13.8. The second-order valence-corrected chi connectivity index (χ2v) is 11.2. The smallest absolute Gasteiger partial charge is 0.338 e. The van der Waals surface area contributed by atoms with Crippen molar-refractivity contribution in [1.29, 1.82) is 0 Å².